The van der Waals surface area contributed by atoms with Gasteiger partial charge in [0.15, 0.2) is 12.2 Å². The summed E-state index contributed by atoms with van der Waals surface area (Å²) in [6, 6.07) is 0. The molecule has 2 atom stereocenters. The predicted octanol–water partition coefficient (Wildman–Crippen LogP) is -1.53. The highest BCUT2D eigenvalue weighted by molar-refractivity contribution is 5.83. The number of carbonyl (C=O) groups excluding carboxylic acids is 1. The third-order valence-electron chi connectivity index (χ3n) is 0.805. The third kappa shape index (κ3) is 8.62. The van der Waals surface area contributed by atoms with Crippen LogP contribution in [0.1, 0.15) is 13.8 Å². The second kappa shape index (κ2) is 6.98. The van der Waals surface area contributed by atoms with Gasteiger partial charge in [0.2, 0.25) is 0 Å². The van der Waals surface area contributed by atoms with Crippen LogP contribution in [0.15, 0.2) is 0 Å². The molecule has 0 saturated carbocycles. The second-order valence-corrected chi connectivity index (χ2v) is 2.47. The molecule has 0 unspecified atom stereocenters. The number of aliphatic carboxylic acids is 2. The number of carboxylic acid groups (broad SMARTS) is 2. The normalized spacial score (nSPS) is 13.1. The SMILES string of the molecule is CC(C)=O.O=C(O)[C@H](O)[C@@H](O)C(=O)O. The van der Waals surface area contributed by atoms with Gasteiger partial charge in [-0.05, 0) is 13.8 Å². The smallest absolute Gasteiger partial charge is 0.335 e. The van der Waals surface area contributed by atoms with Gasteiger partial charge in [0.05, 0.1) is 0 Å². The molecule has 0 spiro atoms. The number of carboxylic acids is 2. The first-order valence-corrected chi connectivity index (χ1v) is 3.49. The molecule has 0 heterocycles. The van der Waals surface area contributed by atoms with Crippen molar-refractivity contribution >= 4 is 17.7 Å². The van der Waals surface area contributed by atoms with Crippen molar-refractivity contribution in [2.24, 2.45) is 0 Å². The third-order valence-corrected chi connectivity index (χ3v) is 0.805. The van der Waals surface area contributed by atoms with Crippen LogP contribution in [-0.2, 0) is 14.4 Å². The van der Waals surface area contributed by atoms with Crippen molar-refractivity contribution in [1.82, 2.24) is 0 Å². The molecular formula is C7H12O7. The molecule has 0 fully saturated rings. The Morgan fingerprint density at radius 2 is 1.00 bits per heavy atom. The lowest BCUT2D eigenvalue weighted by molar-refractivity contribution is -0.165. The van der Waals surface area contributed by atoms with E-state index in [9.17, 15) is 14.4 Å². The minimum Gasteiger partial charge on any atom is -0.479 e. The first-order valence-electron chi connectivity index (χ1n) is 3.49. The zero-order chi connectivity index (χ0) is 11.9. The van der Waals surface area contributed by atoms with E-state index in [0.717, 1.165) is 0 Å². The van der Waals surface area contributed by atoms with E-state index in [1.807, 2.05) is 0 Å². The van der Waals surface area contributed by atoms with Crippen LogP contribution in [0.25, 0.3) is 0 Å². The fourth-order valence-corrected chi connectivity index (χ4v) is 0.270. The summed E-state index contributed by atoms with van der Waals surface area (Å²) in [5.74, 6) is -3.37. The summed E-state index contributed by atoms with van der Waals surface area (Å²) < 4.78 is 0. The van der Waals surface area contributed by atoms with E-state index in [-0.39, 0.29) is 5.78 Å². The molecule has 82 valence electrons. The molecule has 0 aliphatic carbocycles. The van der Waals surface area contributed by atoms with E-state index < -0.39 is 24.1 Å². The van der Waals surface area contributed by atoms with Gasteiger partial charge in [-0.25, -0.2) is 9.59 Å². The van der Waals surface area contributed by atoms with Gasteiger partial charge in [0.25, 0.3) is 0 Å². The van der Waals surface area contributed by atoms with Crippen LogP contribution in [0.2, 0.25) is 0 Å². The molecule has 0 amide bonds. The zero-order valence-corrected chi connectivity index (χ0v) is 7.67. The molecule has 0 rings (SSSR count). The van der Waals surface area contributed by atoms with Gasteiger partial charge in [0, 0.05) is 0 Å². The maximum atomic E-state index is 9.77. The number of aliphatic hydroxyl groups excluding tert-OH is 2. The number of carbonyl (C=O) groups is 3. The van der Waals surface area contributed by atoms with Gasteiger partial charge in [-0.3, -0.25) is 0 Å². The maximum Gasteiger partial charge on any atom is 0.335 e. The molecule has 0 aromatic heterocycles. The lowest BCUT2D eigenvalue weighted by Crippen LogP contribution is -2.39. The number of rotatable bonds is 3. The highest BCUT2D eigenvalue weighted by Crippen LogP contribution is 1.92. The summed E-state index contributed by atoms with van der Waals surface area (Å²) in [6.45, 7) is 3.06. The Hall–Kier alpha value is -1.47. The van der Waals surface area contributed by atoms with Crippen LogP contribution >= 0.6 is 0 Å². The standard InChI is InChI=1S/C4H6O6.C3H6O/c5-1(3(7)8)2(6)4(9)10;1-3(2)4/h1-2,5-6H,(H,7,8)(H,9,10);1-2H3/t1-,2-;/m1./s1. The largest absolute Gasteiger partial charge is 0.479 e. The van der Waals surface area contributed by atoms with Gasteiger partial charge in [0.1, 0.15) is 5.78 Å². The number of hydrogen-bond donors (Lipinski definition) is 4. The van der Waals surface area contributed by atoms with Crippen molar-refractivity contribution in [2.45, 2.75) is 26.1 Å². The number of hydrogen-bond acceptors (Lipinski definition) is 5. The van der Waals surface area contributed by atoms with Gasteiger partial charge in [-0.1, -0.05) is 0 Å². The van der Waals surface area contributed by atoms with Gasteiger partial charge in [-0.2, -0.15) is 0 Å². The van der Waals surface area contributed by atoms with Crippen LogP contribution < -0.4 is 0 Å². The van der Waals surface area contributed by atoms with E-state index in [2.05, 4.69) is 0 Å². The minimum absolute atomic E-state index is 0.167. The van der Waals surface area contributed by atoms with Crippen LogP contribution in [0.5, 0.6) is 0 Å². The summed E-state index contributed by atoms with van der Waals surface area (Å²) in [4.78, 5) is 29.0. The Morgan fingerprint density at radius 1 is 0.857 bits per heavy atom. The monoisotopic (exact) mass is 208 g/mol. The number of ketones is 1. The molecule has 0 aliphatic rings. The van der Waals surface area contributed by atoms with Crippen LogP contribution in [0, 0.1) is 0 Å². The van der Waals surface area contributed by atoms with Crippen LogP contribution in [0.4, 0.5) is 0 Å². The fourth-order valence-electron chi connectivity index (χ4n) is 0.270. The predicted molar refractivity (Wildman–Crippen MR) is 43.6 cm³/mol. The Kier molecular flexibility index (Phi) is 7.49. The molecule has 4 N–H and O–H groups in total. The molecule has 0 radical (unpaired) electrons. The Labute approximate surface area is 79.6 Å². The molecule has 0 aromatic carbocycles. The van der Waals surface area contributed by atoms with E-state index >= 15 is 0 Å². The highest BCUT2D eigenvalue weighted by Gasteiger charge is 2.29. The fraction of sp³-hybridized carbons (Fsp3) is 0.571. The van der Waals surface area contributed by atoms with Crippen molar-refractivity contribution in [2.75, 3.05) is 0 Å². The topological polar surface area (TPSA) is 132 Å². The Bertz CT molecular complexity index is 200. The van der Waals surface area contributed by atoms with E-state index in [0.29, 0.717) is 0 Å². The molecule has 7 heteroatoms. The van der Waals surface area contributed by atoms with Crippen molar-refractivity contribution in [3.8, 4) is 0 Å². The molecule has 0 bridgehead atoms. The average Bonchev–Trinajstić information content (AvgIpc) is 2.00. The highest BCUT2D eigenvalue weighted by atomic mass is 16.4. The van der Waals surface area contributed by atoms with E-state index in [1.54, 1.807) is 0 Å². The number of Topliss-reactive ketones (excluding diaryl/α,β-unsaturated/α-hetero) is 1. The summed E-state index contributed by atoms with van der Waals surface area (Å²) in [6.07, 6.45) is -4.53. The summed E-state index contributed by atoms with van der Waals surface area (Å²) in [7, 11) is 0. The van der Waals surface area contributed by atoms with E-state index in [1.165, 1.54) is 13.8 Å². The number of aliphatic hydroxyl groups is 2. The summed E-state index contributed by atoms with van der Waals surface area (Å²) in [5.41, 5.74) is 0. The second-order valence-electron chi connectivity index (χ2n) is 2.47. The molecule has 7 nitrogen and oxygen atoms in total. The molecule has 0 aliphatic heterocycles. The lowest BCUT2D eigenvalue weighted by atomic mass is 10.2. The molecule has 14 heavy (non-hydrogen) atoms. The van der Waals surface area contributed by atoms with E-state index in [4.69, 9.17) is 20.4 Å². The summed E-state index contributed by atoms with van der Waals surface area (Å²) >= 11 is 0. The quantitative estimate of drug-likeness (QED) is 0.442. The average molecular weight is 208 g/mol. The van der Waals surface area contributed by atoms with Crippen LogP contribution in [0.3, 0.4) is 0 Å². The van der Waals surface area contributed by atoms with Crippen molar-refractivity contribution in [3.05, 3.63) is 0 Å². The van der Waals surface area contributed by atoms with Gasteiger partial charge < -0.3 is 25.2 Å². The molecule has 0 saturated heterocycles. The minimum atomic E-state index is -2.27. The zero-order valence-electron chi connectivity index (χ0n) is 7.67. The molecular weight excluding hydrogens is 196 g/mol. The lowest BCUT2D eigenvalue weighted by Gasteiger charge is -2.07. The Balaban J connectivity index is 0. The van der Waals surface area contributed by atoms with Crippen molar-refractivity contribution in [1.29, 1.82) is 0 Å². The maximum absolute atomic E-state index is 9.77. The van der Waals surface area contributed by atoms with Crippen LogP contribution in [-0.4, -0.2) is 50.4 Å². The molecule has 0 aromatic rings. The van der Waals surface area contributed by atoms with Gasteiger partial charge >= 0.3 is 11.9 Å². The van der Waals surface area contributed by atoms with Crippen molar-refractivity contribution in [3.63, 3.8) is 0 Å². The van der Waals surface area contributed by atoms with Crippen molar-refractivity contribution < 1.29 is 34.8 Å². The Morgan fingerprint density at radius 3 is 1.07 bits per heavy atom. The first kappa shape index (κ1) is 15.0. The van der Waals surface area contributed by atoms with Gasteiger partial charge in [-0.15, -0.1) is 0 Å². The summed E-state index contributed by atoms with van der Waals surface area (Å²) in [5, 5.41) is 32.5. The first-order chi connectivity index (χ1) is 6.20.